The molecule has 1 unspecified atom stereocenters. The van der Waals surface area contributed by atoms with Crippen LogP contribution in [0.4, 0.5) is 5.82 Å². The third-order valence-electron chi connectivity index (χ3n) is 4.66. The number of rotatable bonds is 5. The molecule has 134 valence electrons. The van der Waals surface area contributed by atoms with Crippen molar-refractivity contribution in [1.29, 1.82) is 0 Å². The highest BCUT2D eigenvalue weighted by molar-refractivity contribution is 5.91. The number of morpholine rings is 1. The Balaban J connectivity index is 1.54. The summed E-state index contributed by atoms with van der Waals surface area (Å²) in [5, 5.41) is 7.31. The summed E-state index contributed by atoms with van der Waals surface area (Å²) in [6, 6.07) is 10.4. The molecule has 3 rings (SSSR count). The van der Waals surface area contributed by atoms with Crippen molar-refractivity contribution in [2.24, 2.45) is 7.05 Å². The smallest absolute Gasteiger partial charge is 0.228 e. The Morgan fingerprint density at radius 1 is 1.32 bits per heavy atom. The molecule has 1 aromatic heterocycles. The number of amides is 1. The minimum atomic E-state index is -0.0768. The van der Waals surface area contributed by atoms with Gasteiger partial charge >= 0.3 is 0 Å². The van der Waals surface area contributed by atoms with E-state index in [0.717, 1.165) is 36.7 Å². The number of nitrogens with one attached hydrogen (secondary N) is 1. The first-order valence-electron chi connectivity index (χ1n) is 8.71. The third kappa shape index (κ3) is 4.46. The molecular formula is C19H26N4O2. The second-order valence-electron chi connectivity index (χ2n) is 6.65. The fourth-order valence-electron chi connectivity index (χ4n) is 3.22. The molecule has 2 aromatic rings. The predicted molar refractivity (Wildman–Crippen MR) is 97.4 cm³/mol. The fourth-order valence-corrected chi connectivity index (χ4v) is 3.22. The van der Waals surface area contributed by atoms with Crippen LogP contribution in [0.3, 0.4) is 0 Å². The first kappa shape index (κ1) is 17.6. The minimum absolute atomic E-state index is 0.0299. The molecule has 1 saturated heterocycles. The number of aryl methyl sites for hydroxylation is 2. The van der Waals surface area contributed by atoms with Crippen molar-refractivity contribution in [3.05, 3.63) is 47.2 Å². The molecule has 1 N–H and O–H groups in total. The number of hydrogen-bond donors (Lipinski definition) is 1. The molecule has 1 atom stereocenters. The van der Waals surface area contributed by atoms with Gasteiger partial charge in [0.2, 0.25) is 5.91 Å². The van der Waals surface area contributed by atoms with Crippen LogP contribution in [0.5, 0.6) is 0 Å². The zero-order valence-corrected chi connectivity index (χ0v) is 15.2. The molecule has 6 nitrogen and oxygen atoms in total. The lowest BCUT2D eigenvalue weighted by Gasteiger charge is -2.32. The van der Waals surface area contributed by atoms with Gasteiger partial charge in [0.25, 0.3) is 0 Å². The topological polar surface area (TPSA) is 59.4 Å². The van der Waals surface area contributed by atoms with E-state index in [1.54, 1.807) is 4.68 Å². The number of nitrogens with zero attached hydrogens (tertiary/aromatic N) is 3. The number of carbonyl (C=O) groups is 1. The van der Waals surface area contributed by atoms with E-state index in [4.69, 9.17) is 4.74 Å². The second kappa shape index (κ2) is 7.80. The highest BCUT2D eigenvalue weighted by atomic mass is 16.5. The molecular weight excluding hydrogens is 316 g/mol. The fraction of sp³-hybridized carbons (Fsp3) is 0.474. The average Bonchev–Trinajstić information content (AvgIpc) is 2.82. The van der Waals surface area contributed by atoms with Crippen molar-refractivity contribution >= 4 is 11.7 Å². The van der Waals surface area contributed by atoms with Gasteiger partial charge in [-0.1, -0.05) is 30.3 Å². The van der Waals surface area contributed by atoms with E-state index in [-0.39, 0.29) is 12.0 Å². The minimum Gasteiger partial charge on any atom is -0.375 e. The molecule has 0 saturated carbocycles. The Hall–Kier alpha value is -2.18. The first-order chi connectivity index (χ1) is 12.0. The molecule has 1 aromatic carbocycles. The summed E-state index contributed by atoms with van der Waals surface area (Å²) in [6.45, 7) is 7.13. The first-order valence-corrected chi connectivity index (χ1v) is 8.71. The normalized spacial score (nSPS) is 18.3. The standard InChI is InChI=1S/C19H26N4O2/c1-14-15(2)21-22(3)19(14)20-18(24)11-17-13-23(9-10-25-17)12-16-7-5-4-6-8-16/h4-8,17H,9-13H2,1-3H3,(H,20,24). The maximum absolute atomic E-state index is 12.4. The van der Waals surface area contributed by atoms with E-state index >= 15 is 0 Å². The van der Waals surface area contributed by atoms with Gasteiger partial charge in [-0.15, -0.1) is 0 Å². The Labute approximate surface area is 148 Å². The molecule has 1 aliphatic rings. The summed E-state index contributed by atoms with van der Waals surface area (Å²) < 4.78 is 7.51. The molecule has 6 heteroatoms. The maximum atomic E-state index is 12.4. The van der Waals surface area contributed by atoms with Crippen LogP contribution in [-0.4, -0.2) is 46.4 Å². The van der Waals surface area contributed by atoms with E-state index in [1.807, 2.05) is 27.0 Å². The molecule has 0 bridgehead atoms. The molecule has 0 aliphatic carbocycles. The monoisotopic (exact) mass is 342 g/mol. The van der Waals surface area contributed by atoms with Gasteiger partial charge in [0.1, 0.15) is 5.82 Å². The summed E-state index contributed by atoms with van der Waals surface area (Å²) >= 11 is 0. The van der Waals surface area contributed by atoms with Gasteiger partial charge in [-0.05, 0) is 19.4 Å². The lowest BCUT2D eigenvalue weighted by molar-refractivity contribution is -0.121. The lowest BCUT2D eigenvalue weighted by Crippen LogP contribution is -2.43. The summed E-state index contributed by atoms with van der Waals surface area (Å²) in [7, 11) is 1.84. The second-order valence-corrected chi connectivity index (χ2v) is 6.65. The molecule has 1 fully saturated rings. The van der Waals surface area contributed by atoms with Gasteiger partial charge < -0.3 is 10.1 Å². The molecule has 2 heterocycles. The maximum Gasteiger partial charge on any atom is 0.228 e. The zero-order chi connectivity index (χ0) is 17.8. The van der Waals surface area contributed by atoms with Crippen molar-refractivity contribution < 1.29 is 9.53 Å². The summed E-state index contributed by atoms with van der Waals surface area (Å²) in [5.74, 6) is 0.733. The van der Waals surface area contributed by atoms with E-state index in [2.05, 4.69) is 39.6 Å². The SMILES string of the molecule is Cc1nn(C)c(NC(=O)CC2CN(Cc3ccccc3)CCO2)c1C. The predicted octanol–water partition coefficient (Wildman–Crippen LogP) is 2.27. The van der Waals surface area contributed by atoms with Gasteiger partial charge in [-0.3, -0.25) is 14.4 Å². The average molecular weight is 342 g/mol. The highest BCUT2D eigenvalue weighted by Gasteiger charge is 2.23. The van der Waals surface area contributed by atoms with Crippen LogP contribution in [0.25, 0.3) is 0 Å². The van der Waals surface area contributed by atoms with Gasteiger partial charge in [-0.2, -0.15) is 5.10 Å². The number of benzene rings is 1. The van der Waals surface area contributed by atoms with Crippen LogP contribution in [0.15, 0.2) is 30.3 Å². The van der Waals surface area contributed by atoms with E-state index in [1.165, 1.54) is 5.56 Å². The Bertz CT molecular complexity index is 727. The third-order valence-corrected chi connectivity index (χ3v) is 4.66. The summed E-state index contributed by atoms with van der Waals surface area (Å²) in [6.07, 6.45) is 0.279. The zero-order valence-electron chi connectivity index (χ0n) is 15.2. The quantitative estimate of drug-likeness (QED) is 0.905. The van der Waals surface area contributed by atoms with Gasteiger partial charge in [0, 0.05) is 32.2 Å². The van der Waals surface area contributed by atoms with E-state index in [0.29, 0.717) is 13.0 Å². The van der Waals surface area contributed by atoms with E-state index < -0.39 is 0 Å². The van der Waals surface area contributed by atoms with Crippen LogP contribution in [-0.2, 0) is 23.1 Å². The summed E-state index contributed by atoms with van der Waals surface area (Å²) in [4.78, 5) is 14.8. The van der Waals surface area contributed by atoms with Gasteiger partial charge in [-0.25, -0.2) is 0 Å². The largest absolute Gasteiger partial charge is 0.375 e. The molecule has 25 heavy (non-hydrogen) atoms. The molecule has 1 aliphatic heterocycles. The molecule has 0 radical (unpaired) electrons. The molecule has 0 spiro atoms. The van der Waals surface area contributed by atoms with Crippen molar-refractivity contribution in [1.82, 2.24) is 14.7 Å². The number of ether oxygens (including phenoxy) is 1. The van der Waals surface area contributed by atoms with Crippen LogP contribution >= 0.6 is 0 Å². The van der Waals surface area contributed by atoms with Crippen molar-refractivity contribution in [2.45, 2.75) is 32.9 Å². The summed E-state index contributed by atoms with van der Waals surface area (Å²) in [5.41, 5.74) is 3.22. The lowest BCUT2D eigenvalue weighted by atomic mass is 10.1. The van der Waals surface area contributed by atoms with E-state index in [9.17, 15) is 4.79 Å². The highest BCUT2D eigenvalue weighted by Crippen LogP contribution is 2.18. The van der Waals surface area contributed by atoms with Gasteiger partial charge in [0.15, 0.2) is 0 Å². The van der Waals surface area contributed by atoms with Crippen LogP contribution in [0.1, 0.15) is 23.2 Å². The van der Waals surface area contributed by atoms with Crippen molar-refractivity contribution in [3.63, 3.8) is 0 Å². The van der Waals surface area contributed by atoms with Crippen LogP contribution in [0.2, 0.25) is 0 Å². The number of aromatic nitrogens is 2. The number of hydrogen-bond acceptors (Lipinski definition) is 4. The van der Waals surface area contributed by atoms with Crippen molar-refractivity contribution in [3.8, 4) is 0 Å². The van der Waals surface area contributed by atoms with Crippen LogP contribution < -0.4 is 5.32 Å². The molecule has 1 amide bonds. The Morgan fingerprint density at radius 2 is 2.08 bits per heavy atom. The van der Waals surface area contributed by atoms with Gasteiger partial charge in [0.05, 0.1) is 24.8 Å². The Morgan fingerprint density at radius 3 is 2.76 bits per heavy atom. The Kier molecular flexibility index (Phi) is 5.50. The number of anilines is 1. The number of carbonyl (C=O) groups excluding carboxylic acids is 1. The van der Waals surface area contributed by atoms with Crippen LogP contribution in [0, 0.1) is 13.8 Å². The van der Waals surface area contributed by atoms with Crippen molar-refractivity contribution in [2.75, 3.05) is 25.0 Å².